The van der Waals surface area contributed by atoms with Gasteiger partial charge in [-0.2, -0.15) is 0 Å². The molecule has 18 heavy (non-hydrogen) atoms. The molecule has 0 radical (unpaired) electrons. The van der Waals surface area contributed by atoms with Crippen LogP contribution < -0.4 is 5.32 Å². The standard InChI is InChI=1S/C13H16Br2INO/c14-7-3-1-2-4-8-17-13(18)11-9-10(16)5-6-12(11)15/h5-6,9H,1-4,7-8H2,(H,17,18). The van der Waals surface area contributed by atoms with Gasteiger partial charge in [-0.1, -0.05) is 28.8 Å². The summed E-state index contributed by atoms with van der Waals surface area (Å²) in [6, 6.07) is 5.78. The number of nitrogens with one attached hydrogen (secondary N) is 1. The van der Waals surface area contributed by atoms with Gasteiger partial charge in [0.1, 0.15) is 0 Å². The lowest BCUT2D eigenvalue weighted by atomic mass is 10.2. The van der Waals surface area contributed by atoms with E-state index >= 15 is 0 Å². The molecule has 0 unspecified atom stereocenters. The Labute approximate surface area is 139 Å². The van der Waals surface area contributed by atoms with Crippen molar-refractivity contribution in [2.75, 3.05) is 11.9 Å². The first-order chi connectivity index (χ1) is 8.65. The van der Waals surface area contributed by atoms with E-state index in [9.17, 15) is 4.79 Å². The van der Waals surface area contributed by atoms with Gasteiger partial charge >= 0.3 is 0 Å². The summed E-state index contributed by atoms with van der Waals surface area (Å²) < 4.78 is 1.91. The van der Waals surface area contributed by atoms with Crippen LogP contribution in [0.4, 0.5) is 0 Å². The summed E-state index contributed by atoms with van der Waals surface area (Å²) in [5.74, 6) is 0.000817. The fourth-order valence-electron chi connectivity index (χ4n) is 1.54. The molecule has 1 N–H and O–H groups in total. The fourth-order valence-corrected chi connectivity index (χ4v) is 2.86. The molecule has 0 aliphatic heterocycles. The predicted molar refractivity (Wildman–Crippen MR) is 91.5 cm³/mol. The molecule has 5 heteroatoms. The highest BCUT2D eigenvalue weighted by Crippen LogP contribution is 2.19. The van der Waals surface area contributed by atoms with Crippen LogP contribution in [-0.2, 0) is 0 Å². The van der Waals surface area contributed by atoms with Crippen LogP contribution in [0, 0.1) is 3.57 Å². The number of amides is 1. The zero-order chi connectivity index (χ0) is 13.4. The highest BCUT2D eigenvalue weighted by molar-refractivity contribution is 14.1. The van der Waals surface area contributed by atoms with Crippen molar-refractivity contribution in [3.8, 4) is 0 Å². The van der Waals surface area contributed by atoms with Gasteiger partial charge in [-0.25, -0.2) is 0 Å². The van der Waals surface area contributed by atoms with E-state index in [2.05, 4.69) is 59.8 Å². The van der Waals surface area contributed by atoms with Crippen LogP contribution in [0.5, 0.6) is 0 Å². The number of unbranched alkanes of at least 4 members (excludes halogenated alkanes) is 3. The lowest BCUT2D eigenvalue weighted by Gasteiger charge is -2.07. The molecule has 0 aliphatic rings. The third-order valence-electron chi connectivity index (χ3n) is 2.52. The van der Waals surface area contributed by atoms with Crippen molar-refractivity contribution < 1.29 is 4.79 Å². The molecule has 1 aromatic carbocycles. The van der Waals surface area contributed by atoms with Crippen molar-refractivity contribution in [1.82, 2.24) is 5.32 Å². The van der Waals surface area contributed by atoms with E-state index in [-0.39, 0.29) is 5.91 Å². The number of rotatable bonds is 7. The van der Waals surface area contributed by atoms with E-state index in [4.69, 9.17) is 0 Å². The monoisotopic (exact) mass is 487 g/mol. The van der Waals surface area contributed by atoms with Gasteiger partial charge in [0.25, 0.3) is 5.91 Å². The van der Waals surface area contributed by atoms with Gasteiger partial charge in [0.2, 0.25) is 0 Å². The number of carbonyl (C=O) groups is 1. The summed E-state index contributed by atoms with van der Waals surface area (Å²) in [7, 11) is 0. The van der Waals surface area contributed by atoms with E-state index in [1.54, 1.807) is 0 Å². The maximum atomic E-state index is 12.0. The summed E-state index contributed by atoms with van der Waals surface area (Å²) in [4.78, 5) is 12.0. The molecular formula is C13H16Br2INO. The predicted octanol–water partition coefficient (Wildman–Crippen LogP) is 4.74. The quantitative estimate of drug-likeness (QED) is 0.335. The Hall–Kier alpha value is 0.380. The normalized spacial score (nSPS) is 10.4. The molecule has 0 saturated carbocycles. The molecule has 0 spiro atoms. The first-order valence-electron chi connectivity index (χ1n) is 5.94. The molecular weight excluding hydrogens is 473 g/mol. The molecule has 100 valence electrons. The first kappa shape index (κ1) is 16.4. The number of hydrogen-bond donors (Lipinski definition) is 1. The summed E-state index contributed by atoms with van der Waals surface area (Å²) in [6.45, 7) is 0.749. The Kier molecular flexibility index (Phi) is 8.50. The lowest BCUT2D eigenvalue weighted by Crippen LogP contribution is -2.24. The molecule has 0 heterocycles. The molecule has 0 aliphatic carbocycles. The smallest absolute Gasteiger partial charge is 0.252 e. The van der Waals surface area contributed by atoms with E-state index in [0.29, 0.717) is 5.56 Å². The molecule has 1 amide bonds. The zero-order valence-corrected chi connectivity index (χ0v) is 15.3. The van der Waals surface area contributed by atoms with Crippen molar-refractivity contribution in [2.24, 2.45) is 0 Å². The number of hydrogen-bond acceptors (Lipinski definition) is 1. The maximum absolute atomic E-state index is 12.0. The Morgan fingerprint density at radius 1 is 1.22 bits per heavy atom. The van der Waals surface area contributed by atoms with Gasteiger partial charge < -0.3 is 5.32 Å². The molecule has 0 aromatic heterocycles. The van der Waals surface area contributed by atoms with Gasteiger partial charge in [-0.05, 0) is 69.6 Å². The number of benzene rings is 1. The van der Waals surface area contributed by atoms with Crippen LogP contribution in [0.15, 0.2) is 22.7 Å². The maximum Gasteiger partial charge on any atom is 0.252 e. The summed E-state index contributed by atoms with van der Waals surface area (Å²) >= 11 is 9.03. The summed E-state index contributed by atoms with van der Waals surface area (Å²) in [5, 5.41) is 4.02. The molecule has 2 nitrogen and oxygen atoms in total. The van der Waals surface area contributed by atoms with E-state index in [1.165, 1.54) is 19.3 Å². The average molecular weight is 489 g/mol. The van der Waals surface area contributed by atoms with Crippen LogP contribution in [0.2, 0.25) is 0 Å². The average Bonchev–Trinajstić information content (AvgIpc) is 2.36. The van der Waals surface area contributed by atoms with E-state index < -0.39 is 0 Å². The second kappa shape index (κ2) is 9.31. The molecule has 0 fully saturated rings. The highest BCUT2D eigenvalue weighted by atomic mass is 127. The number of carbonyl (C=O) groups excluding carboxylic acids is 1. The summed E-state index contributed by atoms with van der Waals surface area (Å²) in [6.07, 6.45) is 4.63. The molecule has 0 atom stereocenters. The minimum absolute atomic E-state index is 0.000817. The second-order valence-corrected chi connectivity index (χ2v) is 6.88. The Morgan fingerprint density at radius 3 is 2.67 bits per heavy atom. The van der Waals surface area contributed by atoms with Crippen LogP contribution in [0.3, 0.4) is 0 Å². The largest absolute Gasteiger partial charge is 0.352 e. The van der Waals surface area contributed by atoms with Crippen LogP contribution in [0.1, 0.15) is 36.0 Å². The van der Waals surface area contributed by atoms with Crippen molar-refractivity contribution in [3.05, 3.63) is 31.8 Å². The van der Waals surface area contributed by atoms with Gasteiger partial charge in [0.15, 0.2) is 0 Å². The Morgan fingerprint density at radius 2 is 1.94 bits per heavy atom. The van der Waals surface area contributed by atoms with Crippen LogP contribution in [-0.4, -0.2) is 17.8 Å². The SMILES string of the molecule is O=C(NCCCCCCBr)c1cc(I)ccc1Br. The van der Waals surface area contributed by atoms with E-state index in [1.807, 2.05) is 18.2 Å². The van der Waals surface area contributed by atoms with Crippen molar-refractivity contribution in [1.29, 1.82) is 0 Å². The van der Waals surface area contributed by atoms with Gasteiger partial charge in [0, 0.05) is 19.9 Å². The molecule has 1 rings (SSSR count). The van der Waals surface area contributed by atoms with Crippen molar-refractivity contribution in [3.63, 3.8) is 0 Å². The lowest BCUT2D eigenvalue weighted by molar-refractivity contribution is 0.0952. The second-order valence-electron chi connectivity index (χ2n) is 3.98. The molecule has 1 aromatic rings. The van der Waals surface area contributed by atoms with E-state index in [0.717, 1.165) is 26.3 Å². The van der Waals surface area contributed by atoms with Crippen molar-refractivity contribution >= 4 is 60.4 Å². The van der Waals surface area contributed by atoms with Gasteiger partial charge in [-0.3, -0.25) is 4.79 Å². The van der Waals surface area contributed by atoms with Crippen LogP contribution in [0.25, 0.3) is 0 Å². The van der Waals surface area contributed by atoms with Gasteiger partial charge in [-0.15, -0.1) is 0 Å². The third kappa shape index (κ3) is 6.02. The van der Waals surface area contributed by atoms with Crippen LogP contribution >= 0.6 is 54.5 Å². The summed E-state index contributed by atoms with van der Waals surface area (Å²) in [5.41, 5.74) is 0.711. The topological polar surface area (TPSA) is 29.1 Å². The zero-order valence-electron chi connectivity index (χ0n) is 10.0. The third-order valence-corrected chi connectivity index (χ3v) is 4.44. The molecule has 0 saturated heterocycles. The van der Waals surface area contributed by atoms with Crippen molar-refractivity contribution in [2.45, 2.75) is 25.7 Å². The molecule has 0 bridgehead atoms. The minimum Gasteiger partial charge on any atom is -0.352 e. The first-order valence-corrected chi connectivity index (χ1v) is 8.93. The number of halogens is 3. The minimum atomic E-state index is 0.000817. The number of alkyl halides is 1. The Balaban J connectivity index is 2.34. The highest BCUT2D eigenvalue weighted by Gasteiger charge is 2.09. The fraction of sp³-hybridized carbons (Fsp3) is 0.462. The Bertz CT molecular complexity index is 399. The van der Waals surface area contributed by atoms with Gasteiger partial charge in [0.05, 0.1) is 5.56 Å².